The Balaban J connectivity index is 1.96. The molecule has 2 aromatic carbocycles. The zero-order chi connectivity index (χ0) is 18.9. The number of nitrogens with one attached hydrogen (secondary N) is 2. The van der Waals surface area contributed by atoms with E-state index in [1.165, 1.54) is 0 Å². The van der Waals surface area contributed by atoms with Crippen LogP contribution in [0.1, 0.15) is 11.1 Å². The van der Waals surface area contributed by atoms with Gasteiger partial charge in [-0.2, -0.15) is 0 Å². The topological polar surface area (TPSA) is 61.0 Å². The van der Waals surface area contributed by atoms with Gasteiger partial charge in [-0.3, -0.25) is 0 Å². The van der Waals surface area contributed by atoms with E-state index in [9.17, 15) is 0 Å². The van der Waals surface area contributed by atoms with Crippen molar-refractivity contribution in [2.45, 2.75) is 13.1 Å². The number of benzene rings is 2. The van der Waals surface area contributed by atoms with Gasteiger partial charge in [-0.15, -0.1) is 0 Å². The molecule has 0 aliphatic rings. The predicted molar refractivity (Wildman–Crippen MR) is 105 cm³/mol. The molecule has 6 nitrogen and oxygen atoms in total. The molecule has 7 heteroatoms. The number of methoxy groups -OCH3 is 4. The molecular formula is C19H24N2O4S. The van der Waals surface area contributed by atoms with Crippen LogP contribution >= 0.6 is 12.2 Å². The monoisotopic (exact) mass is 376 g/mol. The number of para-hydroxylation sites is 1. The van der Waals surface area contributed by atoms with Crippen LogP contribution in [0.4, 0.5) is 0 Å². The van der Waals surface area contributed by atoms with Crippen molar-refractivity contribution in [1.82, 2.24) is 10.6 Å². The van der Waals surface area contributed by atoms with Gasteiger partial charge in [-0.1, -0.05) is 18.2 Å². The molecule has 0 atom stereocenters. The summed E-state index contributed by atoms with van der Waals surface area (Å²) in [4.78, 5) is 0. The molecule has 0 aliphatic carbocycles. The maximum absolute atomic E-state index is 5.36. The lowest BCUT2D eigenvalue weighted by Gasteiger charge is -2.16. The molecule has 2 aromatic rings. The van der Waals surface area contributed by atoms with E-state index in [0.29, 0.717) is 35.5 Å². The van der Waals surface area contributed by atoms with Crippen LogP contribution in [0, 0.1) is 0 Å². The van der Waals surface area contributed by atoms with Crippen molar-refractivity contribution < 1.29 is 18.9 Å². The fraction of sp³-hybridized carbons (Fsp3) is 0.316. The van der Waals surface area contributed by atoms with E-state index in [1.54, 1.807) is 28.4 Å². The lowest BCUT2D eigenvalue weighted by Crippen LogP contribution is -2.34. The lowest BCUT2D eigenvalue weighted by molar-refractivity contribution is 0.323. The van der Waals surface area contributed by atoms with E-state index in [-0.39, 0.29) is 0 Å². The van der Waals surface area contributed by atoms with Crippen LogP contribution in [0.2, 0.25) is 0 Å². The van der Waals surface area contributed by atoms with E-state index >= 15 is 0 Å². The van der Waals surface area contributed by atoms with Crippen molar-refractivity contribution in [3.63, 3.8) is 0 Å². The average molecular weight is 376 g/mol. The van der Waals surface area contributed by atoms with Crippen molar-refractivity contribution >= 4 is 17.3 Å². The molecule has 0 saturated carbocycles. The van der Waals surface area contributed by atoms with E-state index in [2.05, 4.69) is 10.6 Å². The third kappa shape index (κ3) is 4.92. The van der Waals surface area contributed by atoms with Crippen LogP contribution in [0.15, 0.2) is 36.4 Å². The molecule has 2 rings (SSSR count). The fourth-order valence-corrected chi connectivity index (χ4v) is 2.65. The van der Waals surface area contributed by atoms with Gasteiger partial charge < -0.3 is 29.6 Å². The zero-order valence-electron chi connectivity index (χ0n) is 15.4. The van der Waals surface area contributed by atoms with Gasteiger partial charge in [0.05, 0.1) is 28.4 Å². The Labute approximate surface area is 159 Å². The lowest BCUT2D eigenvalue weighted by atomic mass is 10.2. The number of thiocarbonyl (C=S) groups is 1. The molecular weight excluding hydrogens is 352 g/mol. The highest BCUT2D eigenvalue weighted by Crippen LogP contribution is 2.38. The highest BCUT2D eigenvalue weighted by molar-refractivity contribution is 7.80. The molecule has 2 N–H and O–H groups in total. The molecule has 0 radical (unpaired) electrons. The molecule has 0 spiro atoms. The van der Waals surface area contributed by atoms with Crippen LogP contribution < -0.4 is 29.6 Å². The third-order valence-corrected chi connectivity index (χ3v) is 4.10. The Bertz CT molecular complexity index is 727. The molecule has 140 valence electrons. The quantitative estimate of drug-likeness (QED) is 0.687. The number of hydrogen-bond donors (Lipinski definition) is 2. The minimum atomic E-state index is 0.522. The van der Waals surface area contributed by atoms with Crippen LogP contribution in [-0.2, 0) is 13.1 Å². The summed E-state index contributed by atoms with van der Waals surface area (Å²) in [6.07, 6.45) is 0. The summed E-state index contributed by atoms with van der Waals surface area (Å²) in [6.45, 7) is 1.10. The second kappa shape index (κ2) is 9.72. The third-order valence-electron chi connectivity index (χ3n) is 3.81. The molecule has 0 heterocycles. The van der Waals surface area contributed by atoms with Gasteiger partial charge in [0.1, 0.15) is 5.75 Å². The number of hydrogen-bond acceptors (Lipinski definition) is 5. The molecule has 0 aliphatic heterocycles. The van der Waals surface area contributed by atoms with Gasteiger partial charge in [-0.25, -0.2) is 0 Å². The normalized spacial score (nSPS) is 10.0. The average Bonchev–Trinajstić information content (AvgIpc) is 2.69. The van der Waals surface area contributed by atoms with Gasteiger partial charge in [0.25, 0.3) is 0 Å². The largest absolute Gasteiger partial charge is 0.496 e. The Morgan fingerprint density at radius 3 is 1.96 bits per heavy atom. The highest BCUT2D eigenvalue weighted by atomic mass is 32.1. The fourth-order valence-electron chi connectivity index (χ4n) is 2.51. The number of ether oxygens (including phenoxy) is 4. The smallest absolute Gasteiger partial charge is 0.203 e. The van der Waals surface area contributed by atoms with E-state index in [0.717, 1.165) is 16.9 Å². The second-order valence-electron chi connectivity index (χ2n) is 5.38. The Hall–Kier alpha value is -2.67. The summed E-state index contributed by atoms with van der Waals surface area (Å²) in [7, 11) is 6.41. The molecule has 0 saturated heterocycles. The molecule has 0 bridgehead atoms. The van der Waals surface area contributed by atoms with Gasteiger partial charge in [0, 0.05) is 18.7 Å². The maximum Gasteiger partial charge on any atom is 0.203 e. The minimum Gasteiger partial charge on any atom is -0.496 e. The first kappa shape index (κ1) is 19.7. The second-order valence-corrected chi connectivity index (χ2v) is 5.79. The first-order chi connectivity index (χ1) is 12.6. The van der Waals surface area contributed by atoms with Gasteiger partial charge in [0.15, 0.2) is 16.6 Å². The van der Waals surface area contributed by atoms with Crippen molar-refractivity contribution in [3.8, 4) is 23.0 Å². The zero-order valence-corrected chi connectivity index (χ0v) is 16.2. The summed E-state index contributed by atoms with van der Waals surface area (Å²) in [5, 5.41) is 6.90. The Morgan fingerprint density at radius 2 is 1.38 bits per heavy atom. The maximum atomic E-state index is 5.36. The first-order valence-electron chi connectivity index (χ1n) is 8.05. The standard InChI is InChI=1S/C19H24N2O4S/c1-22-15-8-6-5-7-14(15)12-21-19(26)20-11-13-9-16(23-2)18(25-4)17(10-13)24-3/h5-10H,11-12H2,1-4H3,(H2,20,21,26). The highest BCUT2D eigenvalue weighted by Gasteiger charge is 2.13. The molecule has 0 amide bonds. The molecule has 26 heavy (non-hydrogen) atoms. The molecule has 0 aromatic heterocycles. The van der Waals surface area contributed by atoms with Gasteiger partial charge >= 0.3 is 0 Å². The van der Waals surface area contributed by atoms with Crippen molar-refractivity contribution in [1.29, 1.82) is 0 Å². The van der Waals surface area contributed by atoms with Crippen LogP contribution in [0.3, 0.4) is 0 Å². The van der Waals surface area contributed by atoms with Crippen molar-refractivity contribution in [2.24, 2.45) is 0 Å². The summed E-state index contributed by atoms with van der Waals surface area (Å²) in [5.74, 6) is 2.61. The Kier molecular flexibility index (Phi) is 7.35. The van der Waals surface area contributed by atoms with Crippen molar-refractivity contribution in [3.05, 3.63) is 47.5 Å². The van der Waals surface area contributed by atoms with E-state index in [4.69, 9.17) is 31.2 Å². The van der Waals surface area contributed by atoms with E-state index in [1.807, 2.05) is 36.4 Å². The summed E-state index contributed by atoms with van der Waals surface area (Å²) in [5.41, 5.74) is 1.99. The van der Waals surface area contributed by atoms with Crippen molar-refractivity contribution in [2.75, 3.05) is 28.4 Å². The van der Waals surface area contributed by atoms with Crippen LogP contribution in [0.25, 0.3) is 0 Å². The summed E-state index contributed by atoms with van der Waals surface area (Å²) >= 11 is 5.35. The SMILES string of the molecule is COc1ccccc1CNC(=S)NCc1cc(OC)c(OC)c(OC)c1. The van der Waals surface area contributed by atoms with Gasteiger partial charge in [-0.05, 0) is 36.0 Å². The Morgan fingerprint density at radius 1 is 0.808 bits per heavy atom. The molecule has 0 unspecified atom stereocenters. The van der Waals surface area contributed by atoms with Crippen LogP contribution in [-0.4, -0.2) is 33.6 Å². The molecule has 0 fully saturated rings. The first-order valence-corrected chi connectivity index (χ1v) is 8.46. The summed E-state index contributed by atoms with van der Waals surface area (Å²) in [6, 6.07) is 11.6. The van der Waals surface area contributed by atoms with Crippen LogP contribution in [0.5, 0.6) is 23.0 Å². The number of rotatable bonds is 8. The minimum absolute atomic E-state index is 0.522. The predicted octanol–water partition coefficient (Wildman–Crippen LogP) is 2.89. The summed E-state index contributed by atoms with van der Waals surface area (Å²) < 4.78 is 21.4. The van der Waals surface area contributed by atoms with Gasteiger partial charge in [0.2, 0.25) is 5.75 Å². The van der Waals surface area contributed by atoms with E-state index < -0.39 is 0 Å².